The largest absolute Gasteiger partial charge is 0.298 e. The normalized spacial score (nSPS) is 10.9. The van der Waals surface area contributed by atoms with E-state index >= 15 is 0 Å². The third kappa shape index (κ3) is 3.98. The molecule has 1 aromatic heterocycles. The van der Waals surface area contributed by atoms with E-state index in [1.165, 1.54) is 11.3 Å². The number of rotatable bonds is 4. The number of hydrogen-bond donors (Lipinski definition) is 1. The Hall–Kier alpha value is -2.40. The molecule has 1 heterocycles. The Morgan fingerprint density at radius 2 is 1.81 bits per heavy atom. The minimum absolute atomic E-state index is 0.178. The van der Waals surface area contributed by atoms with Crippen LogP contribution in [-0.2, 0) is 6.42 Å². The fourth-order valence-corrected chi connectivity index (χ4v) is 4.04. The van der Waals surface area contributed by atoms with Crippen molar-refractivity contribution in [2.45, 2.75) is 6.42 Å². The zero-order chi connectivity index (χ0) is 18.8. The molecule has 1 amide bonds. The molecule has 0 aliphatic carbocycles. The van der Waals surface area contributed by atoms with E-state index < -0.39 is 0 Å². The van der Waals surface area contributed by atoms with Crippen molar-refractivity contribution in [2.24, 2.45) is 0 Å². The number of benzene rings is 3. The molecule has 4 aromatic rings. The number of carbonyl (C=O) groups is 1. The van der Waals surface area contributed by atoms with Crippen molar-refractivity contribution in [3.63, 3.8) is 0 Å². The molecular weight excluding hydrogens is 399 g/mol. The molecule has 0 spiro atoms. The lowest BCUT2D eigenvalue weighted by Crippen LogP contribution is -2.11. The van der Waals surface area contributed by atoms with Crippen molar-refractivity contribution >= 4 is 56.3 Å². The average Bonchev–Trinajstić information content (AvgIpc) is 3.12. The van der Waals surface area contributed by atoms with E-state index in [0.29, 0.717) is 27.2 Å². The highest BCUT2D eigenvalue weighted by atomic mass is 35.5. The second-order valence-corrected chi connectivity index (χ2v) is 7.94. The first-order valence-corrected chi connectivity index (χ1v) is 9.85. The summed E-state index contributed by atoms with van der Waals surface area (Å²) in [4.78, 5) is 17.8. The number of aromatic nitrogens is 1. The summed E-state index contributed by atoms with van der Waals surface area (Å²) in [6, 6.07) is 19.1. The molecule has 0 aliphatic heterocycles. The van der Waals surface area contributed by atoms with Crippen molar-refractivity contribution in [3.05, 3.63) is 92.9 Å². The van der Waals surface area contributed by atoms with Gasteiger partial charge in [-0.2, -0.15) is 0 Å². The summed E-state index contributed by atoms with van der Waals surface area (Å²) in [5.41, 5.74) is 1.53. The van der Waals surface area contributed by atoms with Crippen LogP contribution in [0.2, 0.25) is 10.0 Å². The second kappa shape index (κ2) is 7.69. The minimum Gasteiger partial charge on any atom is -0.298 e. The zero-order valence-corrected chi connectivity index (χ0v) is 16.4. The first kappa shape index (κ1) is 18.0. The molecule has 3 aromatic carbocycles. The number of halogens is 2. The Labute approximate surface area is 170 Å². The fourth-order valence-electron chi connectivity index (χ4n) is 2.82. The Morgan fingerprint density at radius 3 is 2.67 bits per heavy atom. The van der Waals surface area contributed by atoms with Crippen LogP contribution in [0.5, 0.6) is 0 Å². The Balaban J connectivity index is 1.49. The maximum atomic E-state index is 12.5. The van der Waals surface area contributed by atoms with E-state index in [9.17, 15) is 4.79 Å². The van der Waals surface area contributed by atoms with Crippen molar-refractivity contribution in [1.29, 1.82) is 0 Å². The topological polar surface area (TPSA) is 42.0 Å². The van der Waals surface area contributed by atoms with Crippen LogP contribution in [0.15, 0.2) is 66.9 Å². The molecule has 3 nitrogen and oxygen atoms in total. The van der Waals surface area contributed by atoms with E-state index in [1.807, 2.05) is 54.6 Å². The molecule has 0 unspecified atom stereocenters. The number of nitrogens with one attached hydrogen (secondary N) is 1. The Morgan fingerprint density at radius 1 is 1.00 bits per heavy atom. The highest BCUT2D eigenvalue weighted by Crippen LogP contribution is 2.29. The lowest BCUT2D eigenvalue weighted by Gasteiger charge is -2.04. The molecule has 0 bridgehead atoms. The molecule has 1 N–H and O–H groups in total. The van der Waals surface area contributed by atoms with E-state index in [4.69, 9.17) is 23.2 Å². The van der Waals surface area contributed by atoms with E-state index in [2.05, 4.69) is 10.3 Å². The summed E-state index contributed by atoms with van der Waals surface area (Å²) in [7, 11) is 0. The summed E-state index contributed by atoms with van der Waals surface area (Å²) in [6.07, 6.45) is 2.36. The summed E-state index contributed by atoms with van der Waals surface area (Å²) >= 11 is 13.7. The monoisotopic (exact) mass is 412 g/mol. The van der Waals surface area contributed by atoms with E-state index in [-0.39, 0.29) is 5.91 Å². The van der Waals surface area contributed by atoms with E-state index in [1.54, 1.807) is 12.3 Å². The van der Waals surface area contributed by atoms with Crippen LogP contribution in [0.4, 0.5) is 5.13 Å². The standard InChI is InChI=1S/C21H14Cl2N2OS/c22-18-7-3-6-15(19(18)23)11-17-12-24-21(27-17)25-20(26)16-9-8-13-4-1-2-5-14(13)10-16/h1-10,12H,11H2,(H,24,25,26). The van der Waals surface area contributed by atoms with Crippen molar-refractivity contribution in [2.75, 3.05) is 5.32 Å². The quantitative estimate of drug-likeness (QED) is 0.418. The van der Waals surface area contributed by atoms with Gasteiger partial charge < -0.3 is 0 Å². The molecule has 27 heavy (non-hydrogen) atoms. The number of amides is 1. The highest BCUT2D eigenvalue weighted by molar-refractivity contribution is 7.15. The second-order valence-electron chi connectivity index (χ2n) is 6.04. The van der Waals surface area contributed by atoms with Crippen LogP contribution < -0.4 is 5.32 Å². The van der Waals surface area contributed by atoms with Gasteiger partial charge in [0.2, 0.25) is 0 Å². The Kier molecular flexibility index (Phi) is 5.12. The molecule has 0 radical (unpaired) electrons. The van der Waals surface area contributed by atoms with Gasteiger partial charge in [0, 0.05) is 23.1 Å². The van der Waals surface area contributed by atoms with Gasteiger partial charge in [-0.1, -0.05) is 65.7 Å². The molecule has 0 saturated carbocycles. The van der Waals surface area contributed by atoms with Gasteiger partial charge in [0.15, 0.2) is 5.13 Å². The van der Waals surface area contributed by atoms with Crippen LogP contribution in [0.3, 0.4) is 0 Å². The van der Waals surface area contributed by atoms with Gasteiger partial charge in [0.1, 0.15) is 0 Å². The lowest BCUT2D eigenvalue weighted by molar-refractivity contribution is 0.102. The number of carbonyl (C=O) groups excluding carboxylic acids is 1. The van der Waals surface area contributed by atoms with Crippen molar-refractivity contribution in [1.82, 2.24) is 4.98 Å². The van der Waals surface area contributed by atoms with Crippen LogP contribution in [0, 0.1) is 0 Å². The van der Waals surface area contributed by atoms with Gasteiger partial charge in [0.25, 0.3) is 5.91 Å². The molecule has 6 heteroatoms. The number of hydrogen-bond acceptors (Lipinski definition) is 3. The summed E-state index contributed by atoms with van der Waals surface area (Å²) < 4.78 is 0. The van der Waals surface area contributed by atoms with Gasteiger partial charge >= 0.3 is 0 Å². The first-order chi connectivity index (χ1) is 13.1. The minimum atomic E-state index is -0.178. The highest BCUT2D eigenvalue weighted by Gasteiger charge is 2.12. The SMILES string of the molecule is O=C(Nc1ncc(Cc2cccc(Cl)c2Cl)s1)c1ccc2ccccc2c1. The molecule has 4 rings (SSSR count). The molecule has 0 fully saturated rings. The van der Waals surface area contributed by atoms with Crippen LogP contribution in [0.1, 0.15) is 20.8 Å². The fraction of sp³-hybridized carbons (Fsp3) is 0.0476. The van der Waals surface area contributed by atoms with Crippen molar-refractivity contribution < 1.29 is 4.79 Å². The van der Waals surface area contributed by atoms with E-state index in [0.717, 1.165) is 21.2 Å². The first-order valence-electron chi connectivity index (χ1n) is 8.28. The smallest absolute Gasteiger partial charge is 0.257 e. The number of thiazole rings is 1. The summed E-state index contributed by atoms with van der Waals surface area (Å²) in [6.45, 7) is 0. The number of anilines is 1. The third-order valence-corrected chi connectivity index (χ3v) is 5.95. The molecular formula is C21H14Cl2N2OS. The maximum absolute atomic E-state index is 12.5. The molecule has 134 valence electrons. The van der Waals surface area contributed by atoms with Crippen LogP contribution in [-0.4, -0.2) is 10.9 Å². The Bertz CT molecular complexity index is 1140. The predicted molar refractivity (Wildman–Crippen MR) is 113 cm³/mol. The van der Waals surface area contributed by atoms with Crippen molar-refractivity contribution in [3.8, 4) is 0 Å². The molecule has 0 aliphatic rings. The number of nitrogens with zero attached hydrogens (tertiary/aromatic N) is 1. The van der Waals surface area contributed by atoms with Crippen LogP contribution in [0.25, 0.3) is 10.8 Å². The average molecular weight is 413 g/mol. The molecule has 0 atom stereocenters. The lowest BCUT2D eigenvalue weighted by atomic mass is 10.1. The van der Waals surface area contributed by atoms with Crippen LogP contribution >= 0.6 is 34.5 Å². The maximum Gasteiger partial charge on any atom is 0.257 e. The van der Waals surface area contributed by atoms with Gasteiger partial charge in [-0.05, 0) is 34.5 Å². The summed E-state index contributed by atoms with van der Waals surface area (Å²) in [5.74, 6) is -0.178. The third-order valence-electron chi connectivity index (χ3n) is 4.18. The summed E-state index contributed by atoms with van der Waals surface area (Å²) in [5, 5.41) is 6.63. The van der Waals surface area contributed by atoms with Gasteiger partial charge in [-0.15, -0.1) is 11.3 Å². The molecule has 0 saturated heterocycles. The van der Waals surface area contributed by atoms with Gasteiger partial charge in [0.05, 0.1) is 10.0 Å². The number of fused-ring (bicyclic) bond motifs is 1. The predicted octanol–water partition coefficient (Wildman–Crippen LogP) is 6.45. The van der Waals surface area contributed by atoms with Gasteiger partial charge in [-0.25, -0.2) is 4.98 Å². The zero-order valence-electron chi connectivity index (χ0n) is 14.1. The van der Waals surface area contributed by atoms with Gasteiger partial charge in [-0.3, -0.25) is 10.1 Å².